The lowest BCUT2D eigenvalue weighted by Gasteiger charge is -2.26. The van der Waals surface area contributed by atoms with Gasteiger partial charge < -0.3 is 25.0 Å². The summed E-state index contributed by atoms with van der Waals surface area (Å²) < 4.78 is 101. The van der Waals surface area contributed by atoms with Crippen molar-refractivity contribution >= 4 is 23.8 Å². The number of hydrogen-bond donors (Lipinski definition) is 3. The Kier molecular flexibility index (Phi) is 15.3. The number of carbonyl (C=O) groups is 4. The van der Waals surface area contributed by atoms with E-state index in [9.17, 15) is 44.3 Å². The number of carboxylic acids is 3. The molecular weight excluding hydrogens is 631 g/mol. The maximum atomic E-state index is 12.0. The lowest BCUT2D eigenvalue weighted by atomic mass is 10.1. The number of pyridine rings is 1. The molecule has 1 aromatic heterocycles. The SMILES string of the molecule is COc1ncccc1CN1CC[C@H]2[C@H]1CCN2CC(=O)N(C)C.O=C(O)C(F)(F)F.O=C(O)C(F)(F)F.O=C(O)C(F)(F)F. The van der Waals surface area contributed by atoms with Crippen molar-refractivity contribution in [1.29, 1.82) is 0 Å². The number of carbonyl (C=O) groups excluding carboxylic acids is 1. The molecule has 0 aromatic carbocycles. The lowest BCUT2D eigenvalue weighted by molar-refractivity contribution is -0.193. The number of hydrogen-bond acceptors (Lipinski definition) is 8. The van der Waals surface area contributed by atoms with Crippen molar-refractivity contribution in [3.63, 3.8) is 0 Å². The van der Waals surface area contributed by atoms with Gasteiger partial charge in [0.15, 0.2) is 0 Å². The van der Waals surface area contributed by atoms with Gasteiger partial charge in [-0.15, -0.1) is 0 Å². The molecule has 0 unspecified atom stereocenters. The molecule has 1 amide bonds. The summed E-state index contributed by atoms with van der Waals surface area (Å²) in [7, 11) is 5.32. The molecule has 2 aliphatic rings. The number of fused-ring (bicyclic) bond motifs is 1. The van der Waals surface area contributed by atoms with Crippen LogP contribution in [0.5, 0.6) is 5.88 Å². The molecule has 252 valence electrons. The first kappa shape index (κ1) is 40.1. The van der Waals surface area contributed by atoms with Crippen LogP contribution in [0.4, 0.5) is 39.5 Å². The molecule has 3 N–H and O–H groups in total. The number of halogens is 9. The highest BCUT2D eigenvalue weighted by molar-refractivity contribution is 5.77. The number of nitrogens with zero attached hydrogens (tertiary/aromatic N) is 4. The average molecular weight is 660 g/mol. The summed E-state index contributed by atoms with van der Waals surface area (Å²) in [5, 5.41) is 21.4. The molecule has 44 heavy (non-hydrogen) atoms. The maximum absolute atomic E-state index is 12.0. The number of aliphatic carboxylic acids is 3. The molecule has 1 aromatic rings. The number of methoxy groups -OCH3 is 1. The van der Waals surface area contributed by atoms with E-state index in [0.29, 0.717) is 24.5 Å². The van der Waals surface area contributed by atoms with E-state index < -0.39 is 36.4 Å². The Morgan fingerprint density at radius 1 is 0.841 bits per heavy atom. The van der Waals surface area contributed by atoms with E-state index in [1.807, 2.05) is 20.2 Å². The van der Waals surface area contributed by atoms with Crippen LogP contribution in [0.15, 0.2) is 18.3 Å². The van der Waals surface area contributed by atoms with E-state index in [2.05, 4.69) is 20.9 Å². The van der Waals surface area contributed by atoms with Gasteiger partial charge in [0, 0.05) is 57.6 Å². The van der Waals surface area contributed by atoms with Crippen LogP contribution in [0.3, 0.4) is 0 Å². The summed E-state index contributed by atoms with van der Waals surface area (Å²) in [6.07, 6.45) is -11.2. The first-order valence-corrected chi connectivity index (χ1v) is 12.0. The van der Waals surface area contributed by atoms with Gasteiger partial charge in [-0.2, -0.15) is 39.5 Å². The van der Waals surface area contributed by atoms with Crippen LogP contribution in [0.2, 0.25) is 0 Å². The van der Waals surface area contributed by atoms with E-state index in [0.717, 1.165) is 38.0 Å². The summed E-state index contributed by atoms with van der Waals surface area (Å²) in [5.41, 5.74) is 1.14. The lowest BCUT2D eigenvalue weighted by Crippen LogP contribution is -2.41. The molecule has 2 aliphatic heterocycles. The van der Waals surface area contributed by atoms with Crippen LogP contribution in [0.1, 0.15) is 18.4 Å². The van der Waals surface area contributed by atoms with Gasteiger partial charge in [-0.25, -0.2) is 19.4 Å². The van der Waals surface area contributed by atoms with Gasteiger partial charge in [0.05, 0.1) is 13.7 Å². The predicted octanol–water partition coefficient (Wildman–Crippen LogP) is 2.73. The Morgan fingerprint density at radius 3 is 1.59 bits per heavy atom. The largest absolute Gasteiger partial charge is 0.490 e. The van der Waals surface area contributed by atoms with Crippen LogP contribution in [-0.4, -0.2) is 130 Å². The number of likely N-dealkylation sites (tertiary alicyclic amines) is 2. The Labute approximate surface area is 243 Å². The second-order valence-corrected chi connectivity index (χ2v) is 9.02. The molecule has 2 atom stereocenters. The molecule has 0 bridgehead atoms. The number of alkyl halides is 9. The van der Waals surface area contributed by atoms with Crippen molar-refractivity contribution in [2.24, 2.45) is 0 Å². The molecule has 2 saturated heterocycles. The van der Waals surface area contributed by atoms with Crippen LogP contribution >= 0.6 is 0 Å². The van der Waals surface area contributed by atoms with E-state index in [-0.39, 0.29) is 5.91 Å². The van der Waals surface area contributed by atoms with Crippen LogP contribution in [0, 0.1) is 0 Å². The van der Waals surface area contributed by atoms with Crippen molar-refractivity contribution in [3.8, 4) is 5.88 Å². The molecule has 21 heteroatoms. The third-order valence-corrected chi connectivity index (χ3v) is 5.79. The number of rotatable bonds is 5. The maximum Gasteiger partial charge on any atom is 0.490 e. The number of likely N-dealkylation sites (N-methyl/N-ethyl adjacent to an activating group) is 1. The minimum Gasteiger partial charge on any atom is -0.481 e. The predicted molar refractivity (Wildman–Crippen MR) is 129 cm³/mol. The summed E-state index contributed by atoms with van der Waals surface area (Å²) in [5.74, 6) is -7.36. The summed E-state index contributed by atoms with van der Waals surface area (Å²) in [6, 6.07) is 5.08. The molecule has 0 aliphatic carbocycles. The van der Waals surface area contributed by atoms with E-state index in [1.165, 1.54) is 0 Å². The van der Waals surface area contributed by atoms with Crippen LogP contribution < -0.4 is 4.74 Å². The van der Waals surface area contributed by atoms with Gasteiger partial charge in [-0.1, -0.05) is 6.07 Å². The van der Waals surface area contributed by atoms with Crippen molar-refractivity contribution in [2.45, 2.75) is 50.0 Å². The molecule has 0 radical (unpaired) electrons. The Morgan fingerprint density at radius 2 is 1.23 bits per heavy atom. The highest BCUT2D eigenvalue weighted by Crippen LogP contribution is 2.33. The van der Waals surface area contributed by atoms with Gasteiger partial charge in [0.1, 0.15) is 0 Å². The van der Waals surface area contributed by atoms with E-state index in [4.69, 9.17) is 34.4 Å². The smallest absolute Gasteiger partial charge is 0.481 e. The fourth-order valence-corrected chi connectivity index (χ4v) is 3.82. The van der Waals surface area contributed by atoms with Gasteiger partial charge in [-0.3, -0.25) is 14.6 Å². The topological polar surface area (TPSA) is 161 Å². The second-order valence-electron chi connectivity index (χ2n) is 9.02. The Bertz CT molecular complexity index is 1060. The summed E-state index contributed by atoms with van der Waals surface area (Å²) in [4.78, 5) is 49.5. The van der Waals surface area contributed by atoms with Crippen LogP contribution in [0.25, 0.3) is 0 Å². The highest BCUT2D eigenvalue weighted by Gasteiger charge is 2.43. The third kappa shape index (κ3) is 14.1. The summed E-state index contributed by atoms with van der Waals surface area (Å²) in [6.45, 7) is 3.49. The Balaban J connectivity index is 0.000000721. The van der Waals surface area contributed by atoms with Gasteiger partial charge in [-0.05, 0) is 18.9 Å². The zero-order valence-electron chi connectivity index (χ0n) is 23.2. The van der Waals surface area contributed by atoms with E-state index in [1.54, 1.807) is 18.2 Å². The third-order valence-electron chi connectivity index (χ3n) is 5.79. The second kappa shape index (κ2) is 16.8. The highest BCUT2D eigenvalue weighted by atomic mass is 19.4. The molecule has 3 rings (SSSR count). The van der Waals surface area contributed by atoms with Gasteiger partial charge in [0.25, 0.3) is 0 Å². The zero-order chi connectivity index (χ0) is 34.6. The Hall–Kier alpha value is -3.88. The van der Waals surface area contributed by atoms with Crippen molar-refractivity contribution in [3.05, 3.63) is 23.9 Å². The number of aromatic nitrogens is 1. The first-order valence-electron chi connectivity index (χ1n) is 12.0. The number of amides is 1. The zero-order valence-corrected chi connectivity index (χ0v) is 23.2. The van der Waals surface area contributed by atoms with Crippen LogP contribution in [-0.2, 0) is 25.7 Å². The van der Waals surface area contributed by atoms with Gasteiger partial charge >= 0.3 is 36.4 Å². The normalized spacial score (nSPS) is 18.3. The minimum absolute atomic E-state index is 0.193. The molecular formula is C23H29F9N4O8. The standard InChI is InChI=1S/C17H26N4O2.3C2HF3O2/c1-19(2)16(22)12-21-10-7-14-15(21)6-9-20(14)11-13-5-4-8-18-17(13)23-3;3*3-2(4,5)1(6)7/h4-5,8,14-15H,6-7,9-12H2,1-3H3;3*(H,6,7)/t14-,15+;;;/m1.../s1. The van der Waals surface area contributed by atoms with Crippen molar-refractivity contribution in [1.82, 2.24) is 19.7 Å². The molecule has 12 nitrogen and oxygen atoms in total. The van der Waals surface area contributed by atoms with Crippen molar-refractivity contribution in [2.75, 3.05) is 40.8 Å². The van der Waals surface area contributed by atoms with Crippen molar-refractivity contribution < 1.29 is 78.7 Å². The fourth-order valence-electron chi connectivity index (χ4n) is 3.82. The monoisotopic (exact) mass is 660 g/mol. The fraction of sp³-hybridized carbons (Fsp3) is 0.609. The summed E-state index contributed by atoms with van der Waals surface area (Å²) >= 11 is 0. The number of carboxylic acid groups (broad SMARTS) is 3. The minimum atomic E-state index is -5.08. The quantitative estimate of drug-likeness (QED) is 0.399. The molecule has 0 spiro atoms. The molecule has 0 saturated carbocycles. The van der Waals surface area contributed by atoms with Gasteiger partial charge in [0.2, 0.25) is 11.8 Å². The molecule has 3 heterocycles. The first-order chi connectivity index (χ1) is 19.9. The number of ether oxygens (including phenoxy) is 1. The average Bonchev–Trinajstić information content (AvgIpc) is 3.47. The molecule has 2 fully saturated rings. The van der Waals surface area contributed by atoms with E-state index >= 15 is 0 Å².